The van der Waals surface area contributed by atoms with Crippen molar-refractivity contribution in [2.45, 2.75) is 51.5 Å². The molecular formula is C14H20N2O2. The minimum absolute atomic E-state index is 0.148. The van der Waals surface area contributed by atoms with Gasteiger partial charge in [-0.2, -0.15) is 0 Å². The summed E-state index contributed by atoms with van der Waals surface area (Å²) in [6, 6.07) is 2.17. The molecule has 18 heavy (non-hydrogen) atoms. The lowest BCUT2D eigenvalue weighted by atomic mass is 10.1. The van der Waals surface area contributed by atoms with E-state index in [1.807, 2.05) is 11.0 Å². The summed E-state index contributed by atoms with van der Waals surface area (Å²) >= 11 is 0. The molecule has 1 atom stereocenters. The summed E-state index contributed by atoms with van der Waals surface area (Å²) in [6.45, 7) is 5.06. The predicted molar refractivity (Wildman–Crippen MR) is 67.0 cm³/mol. The first-order valence-corrected chi connectivity index (χ1v) is 6.94. The Bertz CT molecular complexity index is 448. The fourth-order valence-corrected chi connectivity index (χ4v) is 2.64. The molecule has 0 N–H and O–H groups in total. The normalized spacial score (nSPS) is 23.9. The minimum Gasteiger partial charge on any atom is -0.361 e. The number of carbonyl (C=O) groups is 1. The Morgan fingerprint density at radius 3 is 2.83 bits per heavy atom. The van der Waals surface area contributed by atoms with Gasteiger partial charge >= 0.3 is 0 Å². The van der Waals surface area contributed by atoms with Gasteiger partial charge in [0.15, 0.2) is 0 Å². The van der Waals surface area contributed by atoms with Gasteiger partial charge in [0.05, 0.1) is 6.04 Å². The van der Waals surface area contributed by atoms with Gasteiger partial charge in [-0.05, 0) is 25.7 Å². The number of amides is 1. The third-order valence-electron chi connectivity index (χ3n) is 3.92. The number of nitrogens with zero attached hydrogens (tertiary/aromatic N) is 2. The molecule has 1 aromatic rings. The van der Waals surface area contributed by atoms with E-state index in [9.17, 15) is 4.79 Å². The van der Waals surface area contributed by atoms with Crippen LogP contribution in [0.4, 0.5) is 0 Å². The lowest BCUT2D eigenvalue weighted by molar-refractivity contribution is -0.133. The second-order valence-electron chi connectivity index (χ2n) is 5.77. The van der Waals surface area contributed by atoms with Crippen LogP contribution in [0.3, 0.4) is 0 Å². The number of carbonyl (C=O) groups excluding carboxylic acids is 1. The standard InChI is InChI=1S/C14H20N2O2/c1-9(2)13-8-11(15-18-13)12-4-3-7-16(12)14(17)10-5-6-10/h8-10,12H,3-7H2,1-2H3/t12-/m0/s1. The molecule has 0 spiro atoms. The molecule has 0 unspecified atom stereocenters. The van der Waals surface area contributed by atoms with Crippen LogP contribution in [-0.2, 0) is 4.79 Å². The Labute approximate surface area is 107 Å². The number of likely N-dealkylation sites (tertiary alicyclic amines) is 1. The van der Waals surface area contributed by atoms with Crippen molar-refractivity contribution in [1.29, 1.82) is 0 Å². The van der Waals surface area contributed by atoms with Crippen molar-refractivity contribution in [2.24, 2.45) is 5.92 Å². The highest BCUT2D eigenvalue weighted by atomic mass is 16.5. The van der Waals surface area contributed by atoms with Crippen LogP contribution in [0.2, 0.25) is 0 Å². The number of rotatable bonds is 3. The maximum Gasteiger partial charge on any atom is 0.226 e. The highest BCUT2D eigenvalue weighted by Crippen LogP contribution is 2.38. The van der Waals surface area contributed by atoms with Crippen molar-refractivity contribution in [3.63, 3.8) is 0 Å². The van der Waals surface area contributed by atoms with E-state index in [1.165, 1.54) is 0 Å². The molecule has 1 aromatic heterocycles. The van der Waals surface area contributed by atoms with Crippen LogP contribution in [0, 0.1) is 5.92 Å². The van der Waals surface area contributed by atoms with Gasteiger partial charge in [0.1, 0.15) is 11.5 Å². The van der Waals surface area contributed by atoms with Crippen molar-refractivity contribution < 1.29 is 9.32 Å². The van der Waals surface area contributed by atoms with Crippen LogP contribution in [0.25, 0.3) is 0 Å². The molecule has 2 aliphatic rings. The highest BCUT2D eigenvalue weighted by molar-refractivity contribution is 5.81. The maximum absolute atomic E-state index is 12.2. The summed E-state index contributed by atoms with van der Waals surface area (Å²) < 4.78 is 5.35. The van der Waals surface area contributed by atoms with Crippen LogP contribution in [0.1, 0.15) is 62.9 Å². The zero-order chi connectivity index (χ0) is 12.7. The molecule has 4 nitrogen and oxygen atoms in total. The molecule has 4 heteroatoms. The van der Waals surface area contributed by atoms with E-state index < -0.39 is 0 Å². The minimum atomic E-state index is 0.148. The van der Waals surface area contributed by atoms with Crippen LogP contribution >= 0.6 is 0 Å². The van der Waals surface area contributed by atoms with Crippen molar-refractivity contribution in [2.75, 3.05) is 6.54 Å². The molecule has 1 saturated carbocycles. The van der Waals surface area contributed by atoms with Gasteiger partial charge < -0.3 is 9.42 Å². The summed E-state index contributed by atoms with van der Waals surface area (Å²) in [5.74, 6) is 1.88. The number of hydrogen-bond acceptors (Lipinski definition) is 3. The van der Waals surface area contributed by atoms with Crippen LogP contribution in [0.5, 0.6) is 0 Å². The Balaban J connectivity index is 1.78. The third kappa shape index (κ3) is 2.04. The SMILES string of the molecule is CC(C)c1cc([C@@H]2CCCN2C(=O)C2CC2)no1. The first-order chi connectivity index (χ1) is 8.66. The van der Waals surface area contributed by atoms with E-state index in [2.05, 4.69) is 19.0 Å². The predicted octanol–water partition coefficient (Wildman–Crippen LogP) is 2.87. The van der Waals surface area contributed by atoms with Crippen molar-refractivity contribution in [3.8, 4) is 0 Å². The summed E-state index contributed by atoms with van der Waals surface area (Å²) in [7, 11) is 0. The van der Waals surface area contributed by atoms with E-state index in [-0.39, 0.29) is 6.04 Å². The van der Waals surface area contributed by atoms with Gasteiger partial charge in [-0.25, -0.2) is 0 Å². The third-order valence-corrected chi connectivity index (χ3v) is 3.92. The second-order valence-corrected chi connectivity index (χ2v) is 5.77. The molecule has 0 bridgehead atoms. The first kappa shape index (κ1) is 11.8. The number of hydrogen-bond donors (Lipinski definition) is 0. The van der Waals surface area contributed by atoms with E-state index in [1.54, 1.807) is 0 Å². The van der Waals surface area contributed by atoms with E-state index >= 15 is 0 Å². The Morgan fingerprint density at radius 2 is 2.22 bits per heavy atom. The van der Waals surface area contributed by atoms with Gasteiger partial charge in [-0.3, -0.25) is 4.79 Å². The van der Waals surface area contributed by atoms with Crippen molar-refractivity contribution in [1.82, 2.24) is 10.1 Å². The summed E-state index contributed by atoms with van der Waals surface area (Å²) in [5, 5.41) is 4.16. The number of aromatic nitrogens is 1. The van der Waals surface area contributed by atoms with Gasteiger partial charge in [-0.15, -0.1) is 0 Å². The van der Waals surface area contributed by atoms with Gasteiger partial charge in [0.2, 0.25) is 5.91 Å². The van der Waals surface area contributed by atoms with E-state index in [4.69, 9.17) is 4.52 Å². The van der Waals surface area contributed by atoms with Crippen LogP contribution in [-0.4, -0.2) is 22.5 Å². The smallest absolute Gasteiger partial charge is 0.226 e. The topological polar surface area (TPSA) is 46.3 Å². The molecule has 1 saturated heterocycles. The molecule has 0 aromatic carbocycles. The van der Waals surface area contributed by atoms with E-state index in [0.717, 1.165) is 43.7 Å². The van der Waals surface area contributed by atoms with Crippen LogP contribution in [0.15, 0.2) is 10.6 Å². The fraction of sp³-hybridized carbons (Fsp3) is 0.714. The van der Waals surface area contributed by atoms with Gasteiger partial charge in [-0.1, -0.05) is 19.0 Å². The largest absolute Gasteiger partial charge is 0.361 e. The van der Waals surface area contributed by atoms with Crippen molar-refractivity contribution in [3.05, 3.63) is 17.5 Å². The Kier molecular flexibility index (Phi) is 2.88. The molecule has 3 rings (SSSR count). The monoisotopic (exact) mass is 248 g/mol. The first-order valence-electron chi connectivity index (χ1n) is 6.94. The lowest BCUT2D eigenvalue weighted by Crippen LogP contribution is -2.31. The molecular weight excluding hydrogens is 228 g/mol. The summed E-state index contributed by atoms with van der Waals surface area (Å²) in [4.78, 5) is 14.2. The fourth-order valence-electron chi connectivity index (χ4n) is 2.64. The molecule has 2 heterocycles. The Morgan fingerprint density at radius 1 is 1.44 bits per heavy atom. The molecule has 1 aliphatic heterocycles. The zero-order valence-corrected chi connectivity index (χ0v) is 11.1. The lowest BCUT2D eigenvalue weighted by Gasteiger charge is -2.22. The van der Waals surface area contributed by atoms with Gasteiger partial charge in [0.25, 0.3) is 0 Å². The van der Waals surface area contributed by atoms with Crippen LogP contribution < -0.4 is 0 Å². The average molecular weight is 248 g/mol. The molecule has 1 aliphatic carbocycles. The average Bonchev–Trinajstić information content (AvgIpc) is 2.90. The van der Waals surface area contributed by atoms with E-state index in [0.29, 0.717) is 17.7 Å². The maximum atomic E-state index is 12.2. The van der Waals surface area contributed by atoms with Gasteiger partial charge in [0, 0.05) is 24.4 Å². The molecule has 2 fully saturated rings. The zero-order valence-electron chi connectivity index (χ0n) is 11.1. The summed E-state index contributed by atoms with van der Waals surface area (Å²) in [5.41, 5.74) is 0.935. The summed E-state index contributed by atoms with van der Waals surface area (Å²) in [6.07, 6.45) is 4.23. The molecule has 98 valence electrons. The Hall–Kier alpha value is -1.32. The second kappa shape index (κ2) is 4.41. The highest BCUT2D eigenvalue weighted by Gasteiger charge is 2.39. The molecule has 1 amide bonds. The van der Waals surface area contributed by atoms with Crippen molar-refractivity contribution >= 4 is 5.91 Å². The molecule has 0 radical (unpaired) electrons. The quantitative estimate of drug-likeness (QED) is 0.826.